The Bertz CT molecular complexity index is 591. The van der Waals surface area contributed by atoms with Gasteiger partial charge in [0.2, 0.25) is 11.8 Å². The normalized spacial score (nSPS) is 23.3. The molecule has 1 aromatic rings. The van der Waals surface area contributed by atoms with Crippen LogP contribution < -0.4 is 10.6 Å². The fourth-order valence-corrected chi connectivity index (χ4v) is 3.44. The Morgan fingerprint density at radius 3 is 2.44 bits per heavy atom. The number of carbonyl (C=O) groups is 2. The molecule has 1 aliphatic rings. The Labute approximate surface area is 155 Å². The molecule has 0 heterocycles. The van der Waals surface area contributed by atoms with Gasteiger partial charge in [0, 0.05) is 16.8 Å². The first-order valence-electron chi connectivity index (χ1n) is 8.88. The maximum Gasteiger partial charge on any atom is 0.238 e. The van der Waals surface area contributed by atoms with E-state index in [9.17, 15) is 9.59 Å². The number of amides is 2. The van der Waals surface area contributed by atoms with Gasteiger partial charge in [-0.15, -0.1) is 0 Å². The van der Waals surface area contributed by atoms with Gasteiger partial charge >= 0.3 is 0 Å². The van der Waals surface area contributed by atoms with Crippen LogP contribution in [0.4, 0.5) is 5.69 Å². The summed E-state index contributed by atoms with van der Waals surface area (Å²) in [6, 6.07) is 7.19. The van der Waals surface area contributed by atoms with Crippen molar-refractivity contribution in [2.75, 3.05) is 25.5 Å². The van der Waals surface area contributed by atoms with E-state index in [0.29, 0.717) is 22.5 Å². The van der Waals surface area contributed by atoms with Gasteiger partial charge < -0.3 is 10.6 Å². The number of hydrogen-bond acceptors (Lipinski definition) is 3. The zero-order chi connectivity index (χ0) is 18.4. The molecule has 0 aliphatic heterocycles. The summed E-state index contributed by atoms with van der Waals surface area (Å²) in [5.74, 6) is 0.961. The van der Waals surface area contributed by atoms with Crippen LogP contribution in [0, 0.1) is 11.8 Å². The van der Waals surface area contributed by atoms with Crippen molar-refractivity contribution in [3.05, 3.63) is 29.3 Å². The Kier molecular flexibility index (Phi) is 7.26. The maximum atomic E-state index is 12.3. The van der Waals surface area contributed by atoms with E-state index in [1.807, 2.05) is 0 Å². The molecule has 0 aromatic heterocycles. The molecule has 138 valence electrons. The third-order valence-electron chi connectivity index (χ3n) is 5.01. The molecule has 0 bridgehead atoms. The first-order valence-corrected chi connectivity index (χ1v) is 9.26. The van der Waals surface area contributed by atoms with E-state index in [4.69, 9.17) is 11.6 Å². The molecule has 2 rings (SSSR count). The average Bonchev–Trinajstić information content (AvgIpc) is 2.53. The molecule has 0 spiro atoms. The van der Waals surface area contributed by atoms with Crippen LogP contribution in [0.2, 0.25) is 5.02 Å². The second-order valence-electron chi connectivity index (χ2n) is 7.17. The fourth-order valence-electron chi connectivity index (χ4n) is 3.32. The quantitative estimate of drug-likeness (QED) is 0.814. The Hall–Kier alpha value is -1.59. The van der Waals surface area contributed by atoms with Crippen LogP contribution in [0.1, 0.15) is 33.1 Å². The molecule has 2 N–H and O–H groups in total. The van der Waals surface area contributed by atoms with Gasteiger partial charge in [-0.05, 0) is 49.6 Å². The molecule has 0 unspecified atom stereocenters. The average molecular weight is 366 g/mol. The SMILES string of the molecule is C[C@H]1[C@H](C)CCC[C@@H]1NC(=O)CN(C)CC(=O)Nc1ccc(Cl)cc1. The molecular formula is C19H28ClN3O2. The number of halogens is 1. The first-order chi connectivity index (χ1) is 11.8. The lowest BCUT2D eigenvalue weighted by molar-refractivity contribution is -0.124. The molecule has 2 amide bonds. The van der Waals surface area contributed by atoms with E-state index in [1.54, 1.807) is 36.2 Å². The summed E-state index contributed by atoms with van der Waals surface area (Å²) < 4.78 is 0. The van der Waals surface area contributed by atoms with Crippen molar-refractivity contribution >= 4 is 29.1 Å². The number of likely N-dealkylation sites (N-methyl/N-ethyl adjacent to an activating group) is 1. The van der Waals surface area contributed by atoms with Gasteiger partial charge in [0.15, 0.2) is 0 Å². The van der Waals surface area contributed by atoms with Crippen LogP contribution in [-0.2, 0) is 9.59 Å². The largest absolute Gasteiger partial charge is 0.352 e. The van der Waals surface area contributed by atoms with Crippen molar-refractivity contribution in [1.82, 2.24) is 10.2 Å². The number of anilines is 1. The lowest BCUT2D eigenvalue weighted by atomic mass is 9.78. The molecule has 6 heteroatoms. The Morgan fingerprint density at radius 2 is 1.76 bits per heavy atom. The lowest BCUT2D eigenvalue weighted by Gasteiger charge is -2.34. The fraction of sp³-hybridized carbons (Fsp3) is 0.579. The highest BCUT2D eigenvalue weighted by molar-refractivity contribution is 6.30. The van der Waals surface area contributed by atoms with Crippen molar-refractivity contribution < 1.29 is 9.59 Å². The highest BCUT2D eigenvalue weighted by atomic mass is 35.5. The second kappa shape index (κ2) is 9.20. The number of nitrogens with one attached hydrogen (secondary N) is 2. The first kappa shape index (κ1) is 19.7. The molecule has 1 saturated carbocycles. The number of benzene rings is 1. The van der Waals surface area contributed by atoms with Crippen LogP contribution in [-0.4, -0.2) is 42.9 Å². The van der Waals surface area contributed by atoms with Gasteiger partial charge in [-0.2, -0.15) is 0 Å². The highest BCUT2D eigenvalue weighted by Crippen LogP contribution is 2.29. The summed E-state index contributed by atoms with van der Waals surface area (Å²) in [5.41, 5.74) is 0.692. The zero-order valence-electron chi connectivity index (χ0n) is 15.2. The van der Waals surface area contributed by atoms with Gasteiger partial charge in [0.05, 0.1) is 13.1 Å². The summed E-state index contributed by atoms with van der Waals surface area (Å²) in [6.45, 7) is 4.83. The Balaban J connectivity index is 1.75. The zero-order valence-corrected chi connectivity index (χ0v) is 16.0. The van der Waals surface area contributed by atoms with Gasteiger partial charge in [0.1, 0.15) is 0 Å². The van der Waals surface area contributed by atoms with Gasteiger partial charge in [-0.3, -0.25) is 14.5 Å². The topological polar surface area (TPSA) is 61.4 Å². The highest BCUT2D eigenvalue weighted by Gasteiger charge is 2.28. The number of hydrogen-bond donors (Lipinski definition) is 2. The predicted octanol–water partition coefficient (Wildman–Crippen LogP) is 3.15. The van der Waals surface area contributed by atoms with Gasteiger partial charge in [-0.25, -0.2) is 0 Å². The summed E-state index contributed by atoms with van der Waals surface area (Å²) in [7, 11) is 1.77. The Morgan fingerprint density at radius 1 is 1.12 bits per heavy atom. The minimum absolute atomic E-state index is 0.0206. The summed E-state index contributed by atoms with van der Waals surface area (Å²) in [5, 5.41) is 6.55. The summed E-state index contributed by atoms with van der Waals surface area (Å²) >= 11 is 5.82. The van der Waals surface area contributed by atoms with Crippen molar-refractivity contribution in [3.8, 4) is 0 Å². The van der Waals surface area contributed by atoms with E-state index >= 15 is 0 Å². The molecule has 5 nitrogen and oxygen atoms in total. The van der Waals surface area contributed by atoms with E-state index < -0.39 is 0 Å². The molecule has 1 fully saturated rings. The van der Waals surface area contributed by atoms with E-state index in [1.165, 1.54) is 6.42 Å². The predicted molar refractivity (Wildman–Crippen MR) is 102 cm³/mol. The van der Waals surface area contributed by atoms with Crippen molar-refractivity contribution in [3.63, 3.8) is 0 Å². The molecule has 1 aromatic carbocycles. The summed E-state index contributed by atoms with van der Waals surface area (Å²) in [6.07, 6.45) is 3.44. The standard InChI is InChI=1S/C19H28ClN3O2/c1-13-5-4-6-17(14(13)2)22-19(25)12-23(3)11-18(24)21-16-9-7-15(20)8-10-16/h7-10,13-14,17H,4-6,11-12H2,1-3H3,(H,21,24)(H,22,25)/t13-,14+,17+/m1/s1. The van der Waals surface area contributed by atoms with Crippen molar-refractivity contribution in [2.24, 2.45) is 11.8 Å². The lowest BCUT2D eigenvalue weighted by Crippen LogP contribution is -2.47. The molecular weight excluding hydrogens is 338 g/mol. The maximum absolute atomic E-state index is 12.3. The van der Waals surface area contributed by atoms with E-state index in [-0.39, 0.29) is 30.9 Å². The number of carbonyl (C=O) groups excluding carboxylic acids is 2. The van der Waals surface area contributed by atoms with Crippen LogP contribution in [0.25, 0.3) is 0 Å². The second-order valence-corrected chi connectivity index (χ2v) is 7.61. The van der Waals surface area contributed by atoms with Crippen LogP contribution in [0.3, 0.4) is 0 Å². The molecule has 0 radical (unpaired) electrons. The molecule has 0 saturated heterocycles. The third kappa shape index (κ3) is 6.33. The minimum Gasteiger partial charge on any atom is -0.352 e. The van der Waals surface area contributed by atoms with Crippen LogP contribution >= 0.6 is 11.6 Å². The number of nitrogens with zero attached hydrogens (tertiary/aromatic N) is 1. The monoisotopic (exact) mass is 365 g/mol. The third-order valence-corrected chi connectivity index (χ3v) is 5.26. The van der Waals surface area contributed by atoms with E-state index in [2.05, 4.69) is 24.5 Å². The smallest absolute Gasteiger partial charge is 0.238 e. The molecule has 25 heavy (non-hydrogen) atoms. The summed E-state index contributed by atoms with van der Waals surface area (Å²) in [4.78, 5) is 26.0. The van der Waals surface area contributed by atoms with Gasteiger partial charge in [0.25, 0.3) is 0 Å². The number of rotatable bonds is 6. The van der Waals surface area contributed by atoms with Crippen LogP contribution in [0.15, 0.2) is 24.3 Å². The van der Waals surface area contributed by atoms with Gasteiger partial charge in [-0.1, -0.05) is 38.3 Å². The minimum atomic E-state index is -0.155. The van der Waals surface area contributed by atoms with E-state index in [0.717, 1.165) is 12.8 Å². The molecule has 3 atom stereocenters. The molecule has 1 aliphatic carbocycles. The van der Waals surface area contributed by atoms with Crippen molar-refractivity contribution in [1.29, 1.82) is 0 Å². The van der Waals surface area contributed by atoms with Crippen LogP contribution in [0.5, 0.6) is 0 Å². The van der Waals surface area contributed by atoms with Crippen molar-refractivity contribution in [2.45, 2.75) is 39.2 Å².